The lowest BCUT2D eigenvalue weighted by Crippen LogP contribution is -2.08. The van der Waals surface area contributed by atoms with Crippen molar-refractivity contribution in [1.29, 1.82) is 0 Å². The molecule has 0 bridgehead atoms. The molecule has 3 aromatic carbocycles. The minimum Gasteiger partial charge on any atom is -0.493 e. The number of carbonyl (C=O) groups is 1. The van der Waals surface area contributed by atoms with Gasteiger partial charge in [-0.2, -0.15) is 0 Å². The van der Waals surface area contributed by atoms with Gasteiger partial charge in [0.25, 0.3) is 0 Å². The van der Waals surface area contributed by atoms with Crippen molar-refractivity contribution in [1.82, 2.24) is 4.57 Å². The highest BCUT2D eigenvalue weighted by Gasteiger charge is 2.11. The topological polar surface area (TPSA) is 54.7 Å². The summed E-state index contributed by atoms with van der Waals surface area (Å²) in [6, 6.07) is 23.0. The van der Waals surface area contributed by atoms with Gasteiger partial charge in [0, 0.05) is 62.3 Å². The van der Waals surface area contributed by atoms with E-state index in [2.05, 4.69) is 70.3 Å². The molecule has 0 unspecified atom stereocenters. The van der Waals surface area contributed by atoms with Gasteiger partial charge in [-0.05, 0) is 65.6 Å². The molecule has 1 N–H and O–H groups in total. The largest absolute Gasteiger partial charge is 0.493 e. The highest BCUT2D eigenvalue weighted by molar-refractivity contribution is 5.87. The number of aromatic nitrogens is 1. The van der Waals surface area contributed by atoms with Gasteiger partial charge in [0.05, 0.1) is 6.61 Å². The standard InChI is InChI=1S/C28H30N2O3/c1-29(2)24-9-4-20(5-10-24)15-17-33-27-12-6-21(7-13-28(31)32)18-25(27)22-8-11-26-23(19-22)14-16-30(26)3/h4-6,8-12,14,16,18-19H,7,13,15,17H2,1-3H3,(H,31,32). The van der Waals surface area contributed by atoms with Gasteiger partial charge in [-0.3, -0.25) is 4.79 Å². The first-order chi connectivity index (χ1) is 15.9. The van der Waals surface area contributed by atoms with E-state index in [1.165, 1.54) is 16.8 Å². The molecule has 0 aliphatic carbocycles. The van der Waals surface area contributed by atoms with Crippen molar-refractivity contribution in [3.8, 4) is 16.9 Å². The normalized spacial score (nSPS) is 11.0. The fourth-order valence-electron chi connectivity index (χ4n) is 4.02. The monoisotopic (exact) mass is 442 g/mol. The average molecular weight is 443 g/mol. The maximum atomic E-state index is 11.0. The molecule has 1 heterocycles. The summed E-state index contributed by atoms with van der Waals surface area (Å²) in [5.74, 6) is 0.0251. The third kappa shape index (κ3) is 5.37. The quantitative estimate of drug-likeness (QED) is 0.369. The number of hydrogen-bond donors (Lipinski definition) is 1. The summed E-state index contributed by atoms with van der Waals surface area (Å²) in [5, 5.41) is 10.2. The van der Waals surface area contributed by atoms with Crippen LogP contribution in [-0.4, -0.2) is 36.3 Å². The summed E-state index contributed by atoms with van der Waals surface area (Å²) in [5.41, 5.74) is 6.63. The van der Waals surface area contributed by atoms with E-state index in [0.29, 0.717) is 13.0 Å². The zero-order valence-electron chi connectivity index (χ0n) is 19.4. The average Bonchev–Trinajstić information content (AvgIpc) is 3.18. The van der Waals surface area contributed by atoms with Gasteiger partial charge in [0.1, 0.15) is 5.75 Å². The fourth-order valence-corrected chi connectivity index (χ4v) is 4.02. The molecule has 5 heteroatoms. The number of carboxylic acid groups (broad SMARTS) is 1. The number of carboxylic acids is 1. The second kappa shape index (κ2) is 9.82. The lowest BCUT2D eigenvalue weighted by Gasteiger charge is -2.15. The SMILES string of the molecule is CN(C)c1ccc(CCOc2ccc(CCC(=O)O)cc2-c2ccc3c(ccn3C)c2)cc1. The minimum atomic E-state index is -0.789. The van der Waals surface area contributed by atoms with Crippen molar-refractivity contribution in [2.75, 3.05) is 25.6 Å². The number of fused-ring (bicyclic) bond motifs is 1. The van der Waals surface area contributed by atoms with Gasteiger partial charge < -0.3 is 19.3 Å². The minimum absolute atomic E-state index is 0.111. The van der Waals surface area contributed by atoms with E-state index in [1.54, 1.807) is 0 Å². The lowest BCUT2D eigenvalue weighted by molar-refractivity contribution is -0.136. The van der Waals surface area contributed by atoms with Crippen molar-refractivity contribution in [2.24, 2.45) is 7.05 Å². The lowest BCUT2D eigenvalue weighted by atomic mass is 9.98. The number of rotatable bonds is 9. The van der Waals surface area contributed by atoms with Crippen LogP contribution < -0.4 is 9.64 Å². The summed E-state index contributed by atoms with van der Waals surface area (Å²) >= 11 is 0. The van der Waals surface area contributed by atoms with E-state index >= 15 is 0 Å². The Balaban J connectivity index is 1.57. The summed E-state index contributed by atoms with van der Waals surface area (Å²) in [4.78, 5) is 13.1. The first-order valence-corrected chi connectivity index (χ1v) is 11.2. The number of ether oxygens (including phenoxy) is 1. The molecular formula is C28H30N2O3. The highest BCUT2D eigenvalue weighted by Crippen LogP contribution is 2.34. The van der Waals surface area contributed by atoms with Gasteiger partial charge in [-0.1, -0.05) is 24.3 Å². The Hall–Kier alpha value is -3.73. The molecule has 5 nitrogen and oxygen atoms in total. The number of aryl methyl sites for hydroxylation is 2. The third-order valence-electron chi connectivity index (χ3n) is 5.97. The molecule has 0 aliphatic rings. The van der Waals surface area contributed by atoms with Gasteiger partial charge in [0.15, 0.2) is 0 Å². The molecule has 0 amide bonds. The van der Waals surface area contributed by atoms with E-state index in [1.807, 2.05) is 33.3 Å². The van der Waals surface area contributed by atoms with Crippen LogP contribution in [0.4, 0.5) is 5.69 Å². The van der Waals surface area contributed by atoms with Crippen LogP contribution >= 0.6 is 0 Å². The molecule has 0 radical (unpaired) electrons. The van der Waals surface area contributed by atoms with Crippen LogP contribution in [0, 0.1) is 0 Å². The van der Waals surface area contributed by atoms with Crippen molar-refractivity contribution in [2.45, 2.75) is 19.3 Å². The Morgan fingerprint density at radius 3 is 2.42 bits per heavy atom. The van der Waals surface area contributed by atoms with Crippen LogP contribution in [0.15, 0.2) is 72.9 Å². The molecule has 33 heavy (non-hydrogen) atoms. The molecule has 0 aliphatic heterocycles. The third-order valence-corrected chi connectivity index (χ3v) is 5.97. The fraction of sp³-hybridized carbons (Fsp3) is 0.250. The maximum absolute atomic E-state index is 11.0. The zero-order chi connectivity index (χ0) is 23.4. The molecule has 0 saturated heterocycles. The molecule has 0 atom stereocenters. The molecule has 0 saturated carbocycles. The van der Waals surface area contributed by atoms with Gasteiger partial charge in [-0.15, -0.1) is 0 Å². The summed E-state index contributed by atoms with van der Waals surface area (Å²) in [6.45, 7) is 0.566. The predicted molar refractivity (Wildman–Crippen MR) is 134 cm³/mol. The van der Waals surface area contributed by atoms with Crippen LogP contribution in [0.25, 0.3) is 22.0 Å². The molecule has 170 valence electrons. The maximum Gasteiger partial charge on any atom is 0.303 e. The zero-order valence-corrected chi connectivity index (χ0v) is 19.4. The van der Waals surface area contributed by atoms with Crippen LogP contribution in [0.2, 0.25) is 0 Å². The Bertz CT molecular complexity index is 1260. The summed E-state index contributed by atoms with van der Waals surface area (Å²) in [7, 11) is 6.10. The molecule has 0 fully saturated rings. The molecular weight excluding hydrogens is 412 g/mol. The summed E-state index contributed by atoms with van der Waals surface area (Å²) in [6.07, 6.45) is 3.47. The number of anilines is 1. The van der Waals surface area contributed by atoms with Crippen molar-refractivity contribution in [3.63, 3.8) is 0 Å². The van der Waals surface area contributed by atoms with Crippen LogP contribution in [0.3, 0.4) is 0 Å². The Kier molecular flexibility index (Phi) is 6.68. The molecule has 4 aromatic rings. The van der Waals surface area contributed by atoms with Crippen LogP contribution in [0.5, 0.6) is 5.75 Å². The Labute approximate surface area is 194 Å². The molecule has 4 rings (SSSR count). The smallest absolute Gasteiger partial charge is 0.303 e. The Morgan fingerprint density at radius 2 is 1.70 bits per heavy atom. The van der Waals surface area contributed by atoms with Crippen LogP contribution in [-0.2, 0) is 24.7 Å². The number of aliphatic carboxylic acids is 1. The van der Waals surface area contributed by atoms with E-state index < -0.39 is 5.97 Å². The second-order valence-corrected chi connectivity index (χ2v) is 8.58. The molecule has 0 spiro atoms. The summed E-state index contributed by atoms with van der Waals surface area (Å²) < 4.78 is 8.34. The van der Waals surface area contributed by atoms with Crippen molar-refractivity contribution < 1.29 is 14.6 Å². The Morgan fingerprint density at radius 1 is 0.939 bits per heavy atom. The highest BCUT2D eigenvalue weighted by atomic mass is 16.5. The number of benzene rings is 3. The second-order valence-electron chi connectivity index (χ2n) is 8.58. The predicted octanol–water partition coefficient (Wildman–Crippen LogP) is 5.55. The van der Waals surface area contributed by atoms with Crippen molar-refractivity contribution in [3.05, 3.63) is 84.1 Å². The van der Waals surface area contributed by atoms with Gasteiger partial charge in [0.2, 0.25) is 0 Å². The number of hydrogen-bond acceptors (Lipinski definition) is 3. The van der Waals surface area contributed by atoms with E-state index in [4.69, 9.17) is 9.84 Å². The van der Waals surface area contributed by atoms with Crippen LogP contribution in [0.1, 0.15) is 17.5 Å². The van der Waals surface area contributed by atoms with Gasteiger partial charge in [-0.25, -0.2) is 0 Å². The first-order valence-electron chi connectivity index (χ1n) is 11.2. The van der Waals surface area contributed by atoms with E-state index in [0.717, 1.165) is 34.2 Å². The van der Waals surface area contributed by atoms with Gasteiger partial charge >= 0.3 is 5.97 Å². The van der Waals surface area contributed by atoms with E-state index in [-0.39, 0.29) is 6.42 Å². The first kappa shape index (κ1) is 22.5. The molecule has 1 aromatic heterocycles. The number of nitrogens with zero attached hydrogens (tertiary/aromatic N) is 2. The van der Waals surface area contributed by atoms with Crippen molar-refractivity contribution >= 4 is 22.6 Å². The van der Waals surface area contributed by atoms with E-state index in [9.17, 15) is 4.79 Å².